The van der Waals surface area contributed by atoms with Gasteiger partial charge in [0.15, 0.2) is 5.11 Å². The molecule has 0 heterocycles. The fourth-order valence-electron chi connectivity index (χ4n) is 1.79. The Labute approximate surface area is 155 Å². The summed E-state index contributed by atoms with van der Waals surface area (Å²) in [4.78, 5) is 11.9. The van der Waals surface area contributed by atoms with Gasteiger partial charge in [0.2, 0.25) is 5.91 Å². The molecule has 0 saturated heterocycles. The highest BCUT2D eigenvalue weighted by atomic mass is 35.5. The van der Waals surface area contributed by atoms with Gasteiger partial charge in [0, 0.05) is 21.8 Å². The zero-order chi connectivity index (χ0) is 17.5. The van der Waals surface area contributed by atoms with Gasteiger partial charge in [-0.25, -0.2) is 0 Å². The van der Waals surface area contributed by atoms with Crippen LogP contribution >= 0.6 is 35.4 Å². The van der Waals surface area contributed by atoms with Gasteiger partial charge in [0.1, 0.15) is 5.75 Å². The number of hydrogen-bond acceptors (Lipinski definition) is 3. The van der Waals surface area contributed by atoms with Crippen molar-refractivity contribution < 1.29 is 9.53 Å². The maximum atomic E-state index is 11.9. The van der Waals surface area contributed by atoms with Crippen LogP contribution in [0.5, 0.6) is 5.75 Å². The molecule has 2 aromatic rings. The molecule has 0 spiro atoms. The summed E-state index contributed by atoms with van der Waals surface area (Å²) in [6, 6.07) is 12.2. The van der Waals surface area contributed by atoms with E-state index in [0.29, 0.717) is 15.6 Å². The molecule has 0 aliphatic heterocycles. The molecule has 1 amide bonds. The second-order valence-corrected chi connectivity index (χ2v) is 5.92. The molecule has 0 saturated carbocycles. The number of carbonyl (C=O) groups is 1. The molecular weight excluding hydrogens is 367 g/mol. The Morgan fingerprint density at radius 1 is 1.17 bits per heavy atom. The van der Waals surface area contributed by atoms with Crippen LogP contribution in [0.25, 0.3) is 6.08 Å². The number of nitrogens with one attached hydrogen (secondary N) is 2. The molecule has 0 aromatic heterocycles. The van der Waals surface area contributed by atoms with Crippen molar-refractivity contribution in [1.29, 1.82) is 0 Å². The molecule has 2 N–H and O–H groups in total. The molecule has 0 radical (unpaired) electrons. The van der Waals surface area contributed by atoms with Gasteiger partial charge in [-0.1, -0.05) is 29.3 Å². The van der Waals surface area contributed by atoms with Crippen LogP contribution < -0.4 is 15.4 Å². The summed E-state index contributed by atoms with van der Waals surface area (Å²) in [6.45, 7) is 0. The van der Waals surface area contributed by atoms with E-state index in [2.05, 4.69) is 10.6 Å². The molecule has 24 heavy (non-hydrogen) atoms. The first kappa shape index (κ1) is 18.3. The molecule has 2 rings (SSSR count). The van der Waals surface area contributed by atoms with E-state index in [9.17, 15) is 4.79 Å². The summed E-state index contributed by atoms with van der Waals surface area (Å²) in [5, 5.41) is 6.65. The van der Waals surface area contributed by atoms with Crippen LogP contribution in [0.3, 0.4) is 0 Å². The van der Waals surface area contributed by atoms with Crippen LogP contribution in [0.2, 0.25) is 10.0 Å². The lowest BCUT2D eigenvalue weighted by Crippen LogP contribution is -2.32. The summed E-state index contributed by atoms with van der Waals surface area (Å²) in [7, 11) is 1.59. The predicted molar refractivity (Wildman–Crippen MR) is 103 cm³/mol. The molecule has 0 unspecified atom stereocenters. The molecule has 0 bridgehead atoms. The van der Waals surface area contributed by atoms with Crippen molar-refractivity contribution >= 4 is 58.2 Å². The zero-order valence-corrected chi connectivity index (χ0v) is 15.0. The van der Waals surface area contributed by atoms with E-state index in [1.54, 1.807) is 55.7 Å². The number of benzene rings is 2. The normalized spacial score (nSPS) is 10.5. The lowest BCUT2D eigenvalue weighted by atomic mass is 10.2. The van der Waals surface area contributed by atoms with E-state index >= 15 is 0 Å². The molecule has 4 nitrogen and oxygen atoms in total. The SMILES string of the molecule is COc1ccc(NC(=S)NC(=O)C=Cc2ccc(Cl)cc2Cl)cc1. The number of anilines is 1. The van der Waals surface area contributed by atoms with Crippen molar-refractivity contribution in [1.82, 2.24) is 5.32 Å². The van der Waals surface area contributed by atoms with Crippen molar-refractivity contribution in [2.24, 2.45) is 0 Å². The number of ether oxygens (including phenoxy) is 1. The summed E-state index contributed by atoms with van der Waals surface area (Å²) in [5.74, 6) is 0.366. The first-order valence-corrected chi connectivity index (χ1v) is 8.03. The van der Waals surface area contributed by atoms with Crippen molar-refractivity contribution in [2.45, 2.75) is 0 Å². The van der Waals surface area contributed by atoms with E-state index in [4.69, 9.17) is 40.2 Å². The smallest absolute Gasteiger partial charge is 0.250 e. The summed E-state index contributed by atoms with van der Waals surface area (Å²) >= 11 is 17.0. The van der Waals surface area contributed by atoms with E-state index in [-0.39, 0.29) is 11.0 Å². The lowest BCUT2D eigenvalue weighted by molar-refractivity contribution is -0.115. The van der Waals surface area contributed by atoms with E-state index in [0.717, 1.165) is 11.4 Å². The zero-order valence-electron chi connectivity index (χ0n) is 12.7. The second-order valence-electron chi connectivity index (χ2n) is 4.67. The summed E-state index contributed by atoms with van der Waals surface area (Å²) in [5.41, 5.74) is 1.43. The molecule has 0 atom stereocenters. The summed E-state index contributed by atoms with van der Waals surface area (Å²) in [6.07, 6.45) is 2.93. The fourth-order valence-corrected chi connectivity index (χ4v) is 2.48. The average molecular weight is 381 g/mol. The first-order valence-electron chi connectivity index (χ1n) is 6.87. The highest BCUT2D eigenvalue weighted by Crippen LogP contribution is 2.21. The Morgan fingerprint density at radius 3 is 2.50 bits per heavy atom. The quantitative estimate of drug-likeness (QED) is 0.604. The molecule has 0 aliphatic carbocycles. The van der Waals surface area contributed by atoms with Crippen LogP contribution in [0, 0.1) is 0 Å². The highest BCUT2D eigenvalue weighted by molar-refractivity contribution is 7.80. The number of carbonyl (C=O) groups excluding carboxylic acids is 1. The van der Waals surface area contributed by atoms with Crippen molar-refractivity contribution in [2.75, 3.05) is 12.4 Å². The topological polar surface area (TPSA) is 50.4 Å². The maximum absolute atomic E-state index is 11.9. The monoisotopic (exact) mass is 380 g/mol. The van der Waals surface area contributed by atoms with E-state index < -0.39 is 0 Å². The van der Waals surface area contributed by atoms with Crippen LogP contribution in [0.1, 0.15) is 5.56 Å². The molecule has 0 aliphatic rings. The van der Waals surface area contributed by atoms with Crippen molar-refractivity contribution in [3.63, 3.8) is 0 Å². The minimum atomic E-state index is -0.368. The lowest BCUT2D eigenvalue weighted by Gasteiger charge is -2.08. The molecule has 0 fully saturated rings. The van der Waals surface area contributed by atoms with E-state index in [1.165, 1.54) is 6.08 Å². The number of hydrogen-bond donors (Lipinski definition) is 2. The van der Waals surface area contributed by atoms with Gasteiger partial charge in [0.05, 0.1) is 7.11 Å². The van der Waals surface area contributed by atoms with Gasteiger partial charge in [0.25, 0.3) is 0 Å². The Bertz CT molecular complexity index is 777. The van der Waals surface area contributed by atoms with Crippen molar-refractivity contribution in [3.8, 4) is 5.75 Å². The van der Waals surface area contributed by atoms with Crippen LogP contribution in [-0.2, 0) is 4.79 Å². The van der Waals surface area contributed by atoms with Gasteiger partial charge in [-0.15, -0.1) is 0 Å². The number of methoxy groups -OCH3 is 1. The van der Waals surface area contributed by atoms with E-state index in [1.807, 2.05) is 0 Å². The average Bonchev–Trinajstić information content (AvgIpc) is 2.54. The standard InChI is InChI=1S/C17H14Cl2N2O2S/c1-23-14-7-5-13(6-8-14)20-17(24)21-16(22)9-3-11-2-4-12(18)10-15(11)19/h2-10H,1H3,(H2,20,21,22,24). The Hall–Kier alpha value is -2.08. The number of rotatable bonds is 4. The third kappa shape index (κ3) is 5.53. The van der Waals surface area contributed by atoms with Crippen molar-refractivity contribution in [3.05, 3.63) is 64.1 Å². The molecule has 2 aromatic carbocycles. The number of amides is 1. The highest BCUT2D eigenvalue weighted by Gasteiger charge is 2.03. The van der Waals surface area contributed by atoms with Gasteiger partial charge in [-0.05, 0) is 60.3 Å². The fraction of sp³-hybridized carbons (Fsp3) is 0.0588. The third-order valence-corrected chi connectivity index (χ3v) is 3.73. The maximum Gasteiger partial charge on any atom is 0.250 e. The largest absolute Gasteiger partial charge is 0.497 e. The predicted octanol–water partition coefficient (Wildman–Crippen LogP) is 4.53. The molecule has 124 valence electrons. The van der Waals surface area contributed by atoms with Crippen LogP contribution in [0.4, 0.5) is 5.69 Å². The minimum absolute atomic E-state index is 0.192. The third-order valence-electron chi connectivity index (χ3n) is 2.96. The van der Waals surface area contributed by atoms with Gasteiger partial charge in [-0.3, -0.25) is 10.1 Å². The van der Waals surface area contributed by atoms with Crippen LogP contribution in [-0.4, -0.2) is 18.1 Å². The minimum Gasteiger partial charge on any atom is -0.497 e. The van der Waals surface area contributed by atoms with Gasteiger partial charge in [-0.2, -0.15) is 0 Å². The Balaban J connectivity index is 1.91. The number of halogens is 2. The molecule has 7 heteroatoms. The van der Waals surface area contributed by atoms with Crippen LogP contribution in [0.15, 0.2) is 48.5 Å². The van der Waals surface area contributed by atoms with Gasteiger partial charge >= 0.3 is 0 Å². The van der Waals surface area contributed by atoms with Gasteiger partial charge < -0.3 is 10.1 Å². The number of thiocarbonyl (C=S) groups is 1. The summed E-state index contributed by atoms with van der Waals surface area (Å²) < 4.78 is 5.07. The Morgan fingerprint density at radius 2 is 1.88 bits per heavy atom. The Kier molecular flexibility index (Phi) is 6.61. The first-order chi connectivity index (χ1) is 11.5. The second kappa shape index (κ2) is 8.68. The molecular formula is C17H14Cl2N2O2S.